The minimum atomic E-state index is -0.512. The molecule has 3 aromatic rings. The molecule has 0 unspecified atom stereocenters. The number of rotatable bonds is 6. The average molecular weight is 499 g/mol. The highest BCUT2D eigenvalue weighted by molar-refractivity contribution is 6.45. The van der Waals surface area contributed by atoms with E-state index in [4.69, 9.17) is 23.2 Å². The highest BCUT2D eigenvalue weighted by Crippen LogP contribution is 2.38. The molecule has 0 fully saturated rings. The fourth-order valence-corrected chi connectivity index (χ4v) is 4.34. The van der Waals surface area contributed by atoms with Crippen molar-refractivity contribution in [3.05, 3.63) is 69.6 Å². The van der Waals surface area contributed by atoms with E-state index in [1.165, 1.54) is 15.6 Å². The maximum absolute atomic E-state index is 13.6. The lowest BCUT2D eigenvalue weighted by molar-refractivity contribution is -0.577. The van der Waals surface area contributed by atoms with Crippen LogP contribution in [0.2, 0.25) is 10.0 Å². The molecule has 0 spiro atoms. The molecule has 0 aliphatic carbocycles. The van der Waals surface area contributed by atoms with Gasteiger partial charge in [-0.15, -0.1) is 0 Å². The molecule has 4 rings (SSSR count). The molecular weight excluding hydrogens is 475 g/mol. The zero-order chi connectivity index (χ0) is 24.7. The van der Waals surface area contributed by atoms with Crippen molar-refractivity contribution >= 4 is 46.3 Å². The molecule has 1 aliphatic heterocycles. The molecule has 7 nitrogen and oxygen atoms in total. The molecule has 2 amide bonds. The SMILES string of the molecule is CCc1cc[n+](C2=C(c3c(CC)nn(-c4ccc(Cl)c(Cl)c4)c3[O-])C(=O)N(C(C)C)C2=O)cc1. The lowest BCUT2D eigenvalue weighted by atomic mass is 10.0. The van der Waals surface area contributed by atoms with Gasteiger partial charge in [-0.1, -0.05) is 37.0 Å². The van der Waals surface area contributed by atoms with Crippen molar-refractivity contribution in [1.82, 2.24) is 14.7 Å². The summed E-state index contributed by atoms with van der Waals surface area (Å²) in [6.07, 6.45) is 4.70. The molecule has 9 heteroatoms. The van der Waals surface area contributed by atoms with E-state index in [0.717, 1.165) is 12.0 Å². The molecule has 0 saturated heterocycles. The molecule has 0 atom stereocenters. The Labute approximate surface area is 207 Å². The normalized spacial score (nSPS) is 14.1. The maximum Gasteiger partial charge on any atom is 0.327 e. The van der Waals surface area contributed by atoms with E-state index >= 15 is 0 Å². The van der Waals surface area contributed by atoms with Crippen molar-refractivity contribution in [2.75, 3.05) is 0 Å². The van der Waals surface area contributed by atoms with Gasteiger partial charge < -0.3 is 5.11 Å². The molecule has 2 aromatic heterocycles. The van der Waals surface area contributed by atoms with Crippen LogP contribution >= 0.6 is 23.2 Å². The minimum Gasteiger partial charge on any atom is -0.858 e. The first-order chi connectivity index (χ1) is 16.2. The van der Waals surface area contributed by atoms with Crippen LogP contribution in [0.5, 0.6) is 5.88 Å². The summed E-state index contributed by atoms with van der Waals surface area (Å²) in [6.45, 7) is 7.40. The number of hydrogen-bond donors (Lipinski definition) is 0. The van der Waals surface area contributed by atoms with Crippen molar-refractivity contribution in [3.8, 4) is 11.6 Å². The van der Waals surface area contributed by atoms with Gasteiger partial charge in [-0.05, 0) is 56.3 Å². The Morgan fingerprint density at radius 3 is 2.24 bits per heavy atom. The Balaban J connectivity index is 1.99. The summed E-state index contributed by atoms with van der Waals surface area (Å²) in [6, 6.07) is 8.13. The molecule has 34 heavy (non-hydrogen) atoms. The zero-order valence-corrected chi connectivity index (χ0v) is 20.8. The van der Waals surface area contributed by atoms with E-state index in [2.05, 4.69) is 5.10 Å². The van der Waals surface area contributed by atoms with Gasteiger partial charge in [0.15, 0.2) is 12.4 Å². The molecule has 1 aromatic carbocycles. The van der Waals surface area contributed by atoms with Crippen LogP contribution in [0.15, 0.2) is 42.7 Å². The number of amides is 2. The lowest BCUT2D eigenvalue weighted by Gasteiger charge is -2.18. The van der Waals surface area contributed by atoms with Crippen LogP contribution in [0.3, 0.4) is 0 Å². The van der Waals surface area contributed by atoms with Gasteiger partial charge in [0.25, 0.3) is 11.6 Å². The predicted molar refractivity (Wildman–Crippen MR) is 129 cm³/mol. The summed E-state index contributed by atoms with van der Waals surface area (Å²) >= 11 is 12.2. The van der Waals surface area contributed by atoms with E-state index < -0.39 is 17.7 Å². The van der Waals surface area contributed by atoms with E-state index in [0.29, 0.717) is 22.8 Å². The van der Waals surface area contributed by atoms with Crippen molar-refractivity contribution in [2.45, 2.75) is 46.6 Å². The highest BCUT2D eigenvalue weighted by Gasteiger charge is 2.47. The Kier molecular flexibility index (Phi) is 6.51. The summed E-state index contributed by atoms with van der Waals surface area (Å²) in [5, 5.41) is 18.7. The number of aryl methyl sites for hydroxylation is 2. The van der Waals surface area contributed by atoms with Crippen LogP contribution < -0.4 is 9.67 Å². The molecule has 1 aliphatic rings. The van der Waals surface area contributed by atoms with Gasteiger partial charge in [0.05, 0.1) is 21.4 Å². The maximum atomic E-state index is 13.6. The fourth-order valence-electron chi connectivity index (χ4n) is 4.05. The first kappa shape index (κ1) is 24.0. The quantitative estimate of drug-likeness (QED) is 0.382. The van der Waals surface area contributed by atoms with Crippen LogP contribution in [-0.4, -0.2) is 32.5 Å². The number of halogens is 2. The third kappa shape index (κ3) is 3.89. The fraction of sp³-hybridized carbons (Fsp3) is 0.280. The second kappa shape index (κ2) is 9.24. The van der Waals surface area contributed by atoms with Gasteiger partial charge in [0, 0.05) is 23.7 Å². The second-order valence-electron chi connectivity index (χ2n) is 8.26. The van der Waals surface area contributed by atoms with Gasteiger partial charge in [-0.3, -0.25) is 14.5 Å². The number of benzene rings is 1. The number of imide groups is 1. The van der Waals surface area contributed by atoms with Crippen molar-refractivity contribution < 1.29 is 19.3 Å². The zero-order valence-electron chi connectivity index (χ0n) is 19.3. The first-order valence-corrected chi connectivity index (χ1v) is 11.8. The summed E-state index contributed by atoms with van der Waals surface area (Å²) < 4.78 is 2.80. The molecule has 0 N–H and O–H groups in total. The Bertz CT molecular complexity index is 1330. The van der Waals surface area contributed by atoms with Crippen LogP contribution in [0.25, 0.3) is 17.0 Å². The molecule has 0 radical (unpaired) electrons. The van der Waals surface area contributed by atoms with Crippen LogP contribution in [0.1, 0.15) is 44.5 Å². The van der Waals surface area contributed by atoms with Crippen molar-refractivity contribution in [2.24, 2.45) is 0 Å². The number of hydrogen-bond acceptors (Lipinski definition) is 4. The van der Waals surface area contributed by atoms with Crippen LogP contribution in [0, 0.1) is 0 Å². The van der Waals surface area contributed by atoms with Gasteiger partial charge >= 0.3 is 5.91 Å². The molecule has 0 bridgehead atoms. The van der Waals surface area contributed by atoms with Crippen LogP contribution in [-0.2, 0) is 22.4 Å². The van der Waals surface area contributed by atoms with Gasteiger partial charge in [-0.2, -0.15) is 9.67 Å². The second-order valence-corrected chi connectivity index (χ2v) is 9.07. The molecule has 176 valence electrons. The highest BCUT2D eigenvalue weighted by atomic mass is 35.5. The van der Waals surface area contributed by atoms with E-state index in [1.807, 2.05) is 26.0 Å². The standard InChI is InChI=1S/C25H24Cl2N4O3/c1-5-15-9-11-29(12-10-15)22-21(23(32)30(14(3)4)25(22)34)20-19(6-2)28-31(24(20)33)16-7-8-17(26)18(27)13-16/h7-14H,5-6H2,1-4H3. The summed E-state index contributed by atoms with van der Waals surface area (Å²) in [4.78, 5) is 28.2. The minimum absolute atomic E-state index is 0.0566. The Hall–Kier alpha value is -3.16. The Morgan fingerprint density at radius 1 is 1.00 bits per heavy atom. The van der Waals surface area contributed by atoms with Crippen molar-refractivity contribution in [3.63, 3.8) is 0 Å². The number of aromatic nitrogens is 3. The number of carbonyl (C=O) groups excluding carboxylic acids is 2. The molecular formula is C25H24Cl2N4O3. The topological polar surface area (TPSA) is 82.1 Å². The first-order valence-electron chi connectivity index (χ1n) is 11.1. The summed E-state index contributed by atoms with van der Waals surface area (Å²) in [7, 11) is 0. The number of carbonyl (C=O) groups is 2. The van der Waals surface area contributed by atoms with E-state index in [-0.39, 0.29) is 27.9 Å². The van der Waals surface area contributed by atoms with E-state index in [9.17, 15) is 14.7 Å². The monoisotopic (exact) mass is 498 g/mol. The van der Waals surface area contributed by atoms with Gasteiger partial charge in [0.2, 0.25) is 0 Å². The number of pyridine rings is 1. The summed E-state index contributed by atoms with van der Waals surface area (Å²) in [5.74, 6) is -1.46. The molecule has 3 heterocycles. The van der Waals surface area contributed by atoms with Crippen LogP contribution in [0.4, 0.5) is 0 Å². The van der Waals surface area contributed by atoms with Crippen molar-refractivity contribution in [1.29, 1.82) is 0 Å². The largest absolute Gasteiger partial charge is 0.858 e. The summed E-state index contributed by atoms with van der Waals surface area (Å²) in [5.41, 5.74) is 2.24. The van der Waals surface area contributed by atoms with Gasteiger partial charge in [-0.25, -0.2) is 4.68 Å². The predicted octanol–water partition coefficient (Wildman–Crippen LogP) is 3.81. The number of nitrogens with zero attached hydrogens (tertiary/aromatic N) is 4. The Morgan fingerprint density at radius 2 is 1.68 bits per heavy atom. The lowest BCUT2D eigenvalue weighted by Crippen LogP contribution is -2.42. The third-order valence-corrected chi connectivity index (χ3v) is 6.56. The smallest absolute Gasteiger partial charge is 0.327 e. The average Bonchev–Trinajstić information content (AvgIpc) is 3.27. The third-order valence-electron chi connectivity index (χ3n) is 5.82. The van der Waals surface area contributed by atoms with Gasteiger partial charge in [0.1, 0.15) is 5.57 Å². The van der Waals surface area contributed by atoms with E-state index in [1.54, 1.807) is 42.9 Å². The molecule has 0 saturated carbocycles.